The lowest BCUT2D eigenvalue weighted by atomic mass is 10.1. The van der Waals surface area contributed by atoms with Gasteiger partial charge in [-0.05, 0) is 30.5 Å². The van der Waals surface area contributed by atoms with Gasteiger partial charge in [0, 0.05) is 24.7 Å². The minimum Gasteiger partial charge on any atom is -0.480 e. The van der Waals surface area contributed by atoms with Gasteiger partial charge < -0.3 is 15.7 Å². The SMILES string of the molecule is CCCN(CCCl)c1ccc(CC(N)C(=O)O)cc1. The third-order valence-corrected chi connectivity index (χ3v) is 3.09. The van der Waals surface area contributed by atoms with Crippen LogP contribution >= 0.6 is 11.6 Å². The topological polar surface area (TPSA) is 66.6 Å². The van der Waals surface area contributed by atoms with Crippen molar-refractivity contribution in [3.8, 4) is 0 Å². The fourth-order valence-corrected chi connectivity index (χ4v) is 2.13. The van der Waals surface area contributed by atoms with E-state index in [4.69, 9.17) is 22.4 Å². The number of hydrogen-bond donors (Lipinski definition) is 2. The molecule has 4 nitrogen and oxygen atoms in total. The first-order chi connectivity index (χ1) is 9.08. The van der Waals surface area contributed by atoms with Crippen molar-refractivity contribution in [2.45, 2.75) is 25.8 Å². The highest BCUT2D eigenvalue weighted by Crippen LogP contribution is 2.16. The van der Waals surface area contributed by atoms with E-state index < -0.39 is 12.0 Å². The van der Waals surface area contributed by atoms with Gasteiger partial charge in [-0.15, -0.1) is 11.6 Å². The summed E-state index contributed by atoms with van der Waals surface area (Å²) in [5, 5.41) is 8.78. The van der Waals surface area contributed by atoms with Crippen molar-refractivity contribution >= 4 is 23.3 Å². The Balaban J connectivity index is 2.71. The molecule has 0 amide bonds. The van der Waals surface area contributed by atoms with Crippen LogP contribution < -0.4 is 10.6 Å². The zero-order chi connectivity index (χ0) is 14.3. The van der Waals surface area contributed by atoms with E-state index in [1.54, 1.807) is 0 Å². The quantitative estimate of drug-likeness (QED) is 0.718. The first-order valence-corrected chi connectivity index (χ1v) is 7.00. The summed E-state index contributed by atoms with van der Waals surface area (Å²) < 4.78 is 0. The van der Waals surface area contributed by atoms with E-state index in [0.717, 1.165) is 30.8 Å². The van der Waals surface area contributed by atoms with Gasteiger partial charge in [-0.1, -0.05) is 19.1 Å². The van der Waals surface area contributed by atoms with Crippen LogP contribution in [-0.2, 0) is 11.2 Å². The van der Waals surface area contributed by atoms with Crippen LogP contribution in [0.2, 0.25) is 0 Å². The van der Waals surface area contributed by atoms with Crippen molar-refractivity contribution in [3.63, 3.8) is 0 Å². The van der Waals surface area contributed by atoms with Gasteiger partial charge in [0.1, 0.15) is 6.04 Å². The first-order valence-electron chi connectivity index (χ1n) is 6.46. The van der Waals surface area contributed by atoms with Crippen LogP contribution in [0.3, 0.4) is 0 Å². The number of carbonyl (C=O) groups is 1. The molecule has 0 aliphatic carbocycles. The number of halogens is 1. The van der Waals surface area contributed by atoms with E-state index >= 15 is 0 Å². The molecule has 106 valence electrons. The summed E-state index contributed by atoms with van der Waals surface area (Å²) in [6.07, 6.45) is 1.40. The molecule has 1 aromatic rings. The van der Waals surface area contributed by atoms with Gasteiger partial charge in [-0.25, -0.2) is 0 Å². The molecule has 0 spiro atoms. The number of aliphatic carboxylic acids is 1. The maximum Gasteiger partial charge on any atom is 0.320 e. The van der Waals surface area contributed by atoms with E-state index in [2.05, 4.69) is 11.8 Å². The molecule has 0 heterocycles. The van der Waals surface area contributed by atoms with Crippen LogP contribution in [0.25, 0.3) is 0 Å². The van der Waals surface area contributed by atoms with Crippen LogP contribution in [0.1, 0.15) is 18.9 Å². The van der Waals surface area contributed by atoms with Crippen molar-refractivity contribution in [1.82, 2.24) is 0 Å². The molecule has 0 fully saturated rings. The standard InChI is InChI=1S/C14H21ClN2O2/c1-2-8-17(9-7-15)12-5-3-11(4-6-12)10-13(16)14(18)19/h3-6,13H,2,7-10,16H2,1H3,(H,18,19). The Morgan fingerprint density at radius 3 is 2.47 bits per heavy atom. The zero-order valence-electron chi connectivity index (χ0n) is 11.2. The minimum absolute atomic E-state index is 0.346. The Kier molecular flexibility index (Phi) is 6.67. The molecule has 0 saturated carbocycles. The highest BCUT2D eigenvalue weighted by molar-refractivity contribution is 6.18. The summed E-state index contributed by atoms with van der Waals surface area (Å²) >= 11 is 5.79. The number of anilines is 1. The second kappa shape index (κ2) is 8.02. The summed E-state index contributed by atoms with van der Waals surface area (Å²) in [6.45, 7) is 3.89. The highest BCUT2D eigenvalue weighted by Gasteiger charge is 2.12. The lowest BCUT2D eigenvalue weighted by molar-refractivity contribution is -0.138. The molecular formula is C14H21ClN2O2. The average molecular weight is 285 g/mol. The molecule has 1 aromatic carbocycles. The lowest BCUT2D eigenvalue weighted by Crippen LogP contribution is -2.32. The largest absolute Gasteiger partial charge is 0.480 e. The van der Waals surface area contributed by atoms with Crippen LogP contribution in [0.4, 0.5) is 5.69 Å². The predicted molar refractivity (Wildman–Crippen MR) is 79.0 cm³/mol. The number of benzene rings is 1. The van der Waals surface area contributed by atoms with Gasteiger partial charge >= 0.3 is 5.97 Å². The number of nitrogens with zero attached hydrogens (tertiary/aromatic N) is 1. The third kappa shape index (κ3) is 5.09. The maximum atomic E-state index is 10.7. The Labute approximate surface area is 119 Å². The van der Waals surface area contributed by atoms with E-state index in [-0.39, 0.29) is 0 Å². The monoisotopic (exact) mass is 284 g/mol. The molecule has 1 atom stereocenters. The minimum atomic E-state index is -0.973. The fraction of sp³-hybridized carbons (Fsp3) is 0.500. The molecule has 3 N–H and O–H groups in total. The first kappa shape index (κ1) is 15.8. The third-order valence-electron chi connectivity index (χ3n) is 2.92. The molecule has 5 heteroatoms. The number of carboxylic acids is 1. The fourth-order valence-electron chi connectivity index (χ4n) is 1.93. The summed E-state index contributed by atoms with van der Waals surface area (Å²) in [4.78, 5) is 12.9. The van der Waals surface area contributed by atoms with Crippen LogP contribution in [0, 0.1) is 0 Å². The van der Waals surface area contributed by atoms with E-state index in [1.807, 2.05) is 24.3 Å². The van der Waals surface area contributed by atoms with Gasteiger partial charge in [0.05, 0.1) is 0 Å². The molecule has 0 radical (unpaired) electrons. The van der Waals surface area contributed by atoms with E-state index in [1.165, 1.54) is 0 Å². The van der Waals surface area contributed by atoms with Gasteiger partial charge in [-0.2, -0.15) is 0 Å². The van der Waals surface area contributed by atoms with Crippen LogP contribution in [0.15, 0.2) is 24.3 Å². The normalized spacial score (nSPS) is 12.2. The Hall–Kier alpha value is -1.26. The Morgan fingerprint density at radius 1 is 1.37 bits per heavy atom. The van der Waals surface area contributed by atoms with Crippen LogP contribution in [-0.4, -0.2) is 36.1 Å². The van der Waals surface area contributed by atoms with Crippen molar-refractivity contribution < 1.29 is 9.90 Å². The zero-order valence-corrected chi connectivity index (χ0v) is 11.9. The highest BCUT2D eigenvalue weighted by atomic mass is 35.5. The van der Waals surface area contributed by atoms with Gasteiger partial charge in [0.25, 0.3) is 0 Å². The second-order valence-corrected chi connectivity index (χ2v) is 4.87. The number of nitrogens with two attached hydrogens (primary N) is 1. The number of rotatable bonds is 8. The molecule has 0 bridgehead atoms. The summed E-state index contributed by atoms with van der Waals surface area (Å²) in [7, 11) is 0. The van der Waals surface area contributed by atoms with Crippen LogP contribution in [0.5, 0.6) is 0 Å². The predicted octanol–water partition coefficient (Wildman–Crippen LogP) is 2.10. The molecule has 0 aliphatic heterocycles. The molecule has 19 heavy (non-hydrogen) atoms. The number of alkyl halides is 1. The molecule has 0 aliphatic rings. The van der Waals surface area contributed by atoms with E-state index in [0.29, 0.717) is 12.3 Å². The van der Waals surface area contributed by atoms with Gasteiger partial charge in [0.15, 0.2) is 0 Å². The van der Waals surface area contributed by atoms with Gasteiger partial charge in [-0.3, -0.25) is 4.79 Å². The van der Waals surface area contributed by atoms with Crippen molar-refractivity contribution in [2.24, 2.45) is 5.73 Å². The number of hydrogen-bond acceptors (Lipinski definition) is 3. The molecular weight excluding hydrogens is 264 g/mol. The second-order valence-electron chi connectivity index (χ2n) is 4.49. The van der Waals surface area contributed by atoms with E-state index in [9.17, 15) is 4.79 Å². The molecule has 1 unspecified atom stereocenters. The summed E-state index contributed by atoms with van der Waals surface area (Å²) in [5.41, 5.74) is 7.55. The molecule has 1 rings (SSSR count). The Morgan fingerprint density at radius 2 is 2.00 bits per heavy atom. The average Bonchev–Trinajstić information content (AvgIpc) is 2.39. The molecule has 0 saturated heterocycles. The summed E-state index contributed by atoms with van der Waals surface area (Å²) in [5.74, 6) is -0.384. The van der Waals surface area contributed by atoms with Crippen molar-refractivity contribution in [3.05, 3.63) is 29.8 Å². The van der Waals surface area contributed by atoms with Crippen molar-refractivity contribution in [1.29, 1.82) is 0 Å². The van der Waals surface area contributed by atoms with Gasteiger partial charge in [0.2, 0.25) is 0 Å². The smallest absolute Gasteiger partial charge is 0.320 e. The summed E-state index contributed by atoms with van der Waals surface area (Å²) in [6, 6.07) is 6.99. The Bertz CT molecular complexity index is 389. The number of carboxylic acid groups (broad SMARTS) is 1. The lowest BCUT2D eigenvalue weighted by Gasteiger charge is -2.23. The van der Waals surface area contributed by atoms with Crippen molar-refractivity contribution in [2.75, 3.05) is 23.9 Å². The molecule has 0 aromatic heterocycles. The maximum absolute atomic E-state index is 10.7.